The van der Waals surface area contributed by atoms with E-state index in [9.17, 15) is 32.3 Å². The van der Waals surface area contributed by atoms with E-state index in [0.29, 0.717) is 10.6 Å². The van der Waals surface area contributed by atoms with Crippen molar-refractivity contribution in [2.75, 3.05) is 24.6 Å². The average Bonchev–Trinajstić information content (AvgIpc) is 3.01. The van der Waals surface area contributed by atoms with Crippen LogP contribution >= 0.6 is 0 Å². The Morgan fingerprint density at radius 2 is 1.69 bits per heavy atom. The molecular formula is C23H22F3N3O6. The molecule has 2 aromatic rings. The van der Waals surface area contributed by atoms with Gasteiger partial charge in [0.15, 0.2) is 0 Å². The van der Waals surface area contributed by atoms with Crippen molar-refractivity contribution < 1.29 is 41.8 Å². The summed E-state index contributed by atoms with van der Waals surface area (Å²) in [5, 5.41) is 2.47. The molecule has 3 rings (SSSR count). The number of imide groups is 1. The molecule has 0 aliphatic carbocycles. The Bertz CT molecular complexity index is 1110. The standard InChI is InChI=1S/C23H22F3N3O6/c1-3-34-19(31)14-28(16-7-5-4-6-8-16)18(30)13-29-20(32)22(2,27-21(29)33)15-9-11-17(12-10-15)35-23(24,25)26/h4-12H,3,13-14H2,1-2H3,(H,27,33). The topological polar surface area (TPSA) is 105 Å². The van der Waals surface area contributed by atoms with E-state index in [0.717, 1.165) is 17.0 Å². The normalized spacial score (nSPS) is 17.7. The summed E-state index contributed by atoms with van der Waals surface area (Å²) in [7, 11) is 0. The van der Waals surface area contributed by atoms with E-state index in [2.05, 4.69) is 10.1 Å². The maximum absolute atomic E-state index is 13.1. The smallest absolute Gasteiger partial charge is 0.465 e. The van der Waals surface area contributed by atoms with Gasteiger partial charge in [-0.1, -0.05) is 30.3 Å². The Morgan fingerprint density at radius 1 is 1.06 bits per heavy atom. The van der Waals surface area contributed by atoms with E-state index in [1.54, 1.807) is 37.3 Å². The zero-order chi connectivity index (χ0) is 25.8. The van der Waals surface area contributed by atoms with Crippen LogP contribution in [0.4, 0.5) is 23.7 Å². The fourth-order valence-electron chi connectivity index (χ4n) is 3.51. The van der Waals surface area contributed by atoms with Crippen LogP contribution in [0.2, 0.25) is 0 Å². The van der Waals surface area contributed by atoms with E-state index in [1.165, 1.54) is 19.1 Å². The zero-order valence-electron chi connectivity index (χ0n) is 18.8. The minimum Gasteiger partial charge on any atom is -0.465 e. The van der Waals surface area contributed by atoms with Gasteiger partial charge in [0.2, 0.25) is 5.91 Å². The number of ether oxygens (including phenoxy) is 2. The second kappa shape index (κ2) is 10.0. The fraction of sp³-hybridized carbons (Fsp3) is 0.304. The van der Waals surface area contributed by atoms with Crippen LogP contribution in [0.5, 0.6) is 5.75 Å². The van der Waals surface area contributed by atoms with Crippen molar-refractivity contribution in [3.8, 4) is 5.75 Å². The van der Waals surface area contributed by atoms with Crippen molar-refractivity contribution >= 4 is 29.5 Å². The third-order valence-electron chi connectivity index (χ3n) is 5.20. The molecule has 12 heteroatoms. The van der Waals surface area contributed by atoms with Crippen LogP contribution in [-0.4, -0.2) is 54.8 Å². The number of esters is 1. The maximum Gasteiger partial charge on any atom is 0.573 e. The van der Waals surface area contributed by atoms with Crippen LogP contribution in [0.25, 0.3) is 0 Å². The van der Waals surface area contributed by atoms with Gasteiger partial charge in [-0.3, -0.25) is 24.2 Å². The van der Waals surface area contributed by atoms with Crippen LogP contribution in [0.3, 0.4) is 0 Å². The van der Waals surface area contributed by atoms with Crippen molar-refractivity contribution in [3.05, 3.63) is 60.2 Å². The molecule has 0 spiro atoms. The largest absolute Gasteiger partial charge is 0.573 e. The minimum absolute atomic E-state index is 0.105. The lowest BCUT2D eigenvalue weighted by molar-refractivity contribution is -0.274. The Morgan fingerprint density at radius 3 is 2.26 bits per heavy atom. The highest BCUT2D eigenvalue weighted by atomic mass is 19.4. The summed E-state index contributed by atoms with van der Waals surface area (Å²) < 4.78 is 46.0. The molecule has 0 aromatic heterocycles. The van der Waals surface area contributed by atoms with Crippen LogP contribution < -0.4 is 15.0 Å². The lowest BCUT2D eigenvalue weighted by Crippen LogP contribution is -2.46. The van der Waals surface area contributed by atoms with Gasteiger partial charge in [0.05, 0.1) is 6.61 Å². The van der Waals surface area contributed by atoms with Crippen LogP contribution in [-0.2, 0) is 24.7 Å². The Kier molecular flexibility index (Phi) is 7.32. The first kappa shape index (κ1) is 25.5. The number of halogens is 3. The zero-order valence-corrected chi connectivity index (χ0v) is 18.8. The van der Waals surface area contributed by atoms with E-state index in [1.807, 2.05) is 0 Å². The predicted molar refractivity (Wildman–Crippen MR) is 116 cm³/mol. The molecule has 1 fully saturated rings. The first-order valence-electron chi connectivity index (χ1n) is 10.5. The van der Waals surface area contributed by atoms with E-state index >= 15 is 0 Å². The van der Waals surface area contributed by atoms with Gasteiger partial charge in [0.1, 0.15) is 24.4 Å². The highest BCUT2D eigenvalue weighted by Gasteiger charge is 2.50. The average molecular weight is 493 g/mol. The summed E-state index contributed by atoms with van der Waals surface area (Å²) in [6, 6.07) is 11.7. The highest BCUT2D eigenvalue weighted by molar-refractivity contribution is 6.11. The number of rotatable bonds is 8. The van der Waals surface area contributed by atoms with Gasteiger partial charge >= 0.3 is 18.4 Å². The molecule has 1 aliphatic rings. The van der Waals surface area contributed by atoms with Crippen molar-refractivity contribution in [1.29, 1.82) is 0 Å². The number of nitrogens with zero attached hydrogens (tertiary/aromatic N) is 2. The van der Waals surface area contributed by atoms with E-state index < -0.39 is 54.6 Å². The van der Waals surface area contributed by atoms with E-state index in [4.69, 9.17) is 4.74 Å². The number of nitrogens with one attached hydrogen (secondary N) is 1. The van der Waals surface area contributed by atoms with Crippen molar-refractivity contribution in [2.45, 2.75) is 25.7 Å². The van der Waals surface area contributed by atoms with Gasteiger partial charge in [0, 0.05) is 5.69 Å². The molecule has 1 atom stereocenters. The number of benzene rings is 2. The lowest BCUT2D eigenvalue weighted by Gasteiger charge is -2.25. The lowest BCUT2D eigenvalue weighted by atomic mass is 9.92. The SMILES string of the molecule is CCOC(=O)CN(C(=O)CN1C(=O)NC(C)(c2ccc(OC(F)(F)F)cc2)C1=O)c1ccccc1. The molecule has 4 amide bonds. The molecule has 1 aliphatic heterocycles. The number of urea groups is 1. The number of alkyl halides is 3. The second-order valence-corrected chi connectivity index (χ2v) is 7.64. The predicted octanol–water partition coefficient (Wildman–Crippen LogP) is 2.95. The Labute approximate surface area is 198 Å². The van der Waals surface area contributed by atoms with Crippen molar-refractivity contribution in [2.24, 2.45) is 0 Å². The monoisotopic (exact) mass is 493 g/mol. The number of anilines is 1. The first-order valence-corrected chi connectivity index (χ1v) is 10.5. The van der Waals surface area contributed by atoms with Crippen molar-refractivity contribution in [3.63, 3.8) is 0 Å². The number of carbonyl (C=O) groups excluding carboxylic acids is 4. The van der Waals surface area contributed by atoms with Gasteiger partial charge in [-0.15, -0.1) is 13.2 Å². The molecule has 2 aromatic carbocycles. The van der Waals surface area contributed by atoms with Gasteiger partial charge in [-0.2, -0.15) is 0 Å². The third-order valence-corrected chi connectivity index (χ3v) is 5.20. The van der Waals surface area contributed by atoms with Crippen LogP contribution in [0.15, 0.2) is 54.6 Å². The number of hydrogen-bond donors (Lipinski definition) is 1. The summed E-state index contributed by atoms with van der Waals surface area (Å²) in [5.74, 6) is -2.67. The molecule has 9 nitrogen and oxygen atoms in total. The second-order valence-electron chi connectivity index (χ2n) is 7.64. The molecule has 0 saturated carbocycles. The molecular weight excluding hydrogens is 471 g/mol. The van der Waals surface area contributed by atoms with E-state index in [-0.39, 0.29) is 12.2 Å². The van der Waals surface area contributed by atoms with Crippen LogP contribution in [0, 0.1) is 0 Å². The summed E-state index contributed by atoms with van der Waals surface area (Å²) in [6.07, 6.45) is -4.88. The van der Waals surface area contributed by atoms with Gasteiger partial charge < -0.3 is 14.8 Å². The van der Waals surface area contributed by atoms with Crippen LogP contribution in [0.1, 0.15) is 19.4 Å². The Balaban J connectivity index is 1.79. The number of para-hydroxylation sites is 1. The summed E-state index contributed by atoms with van der Waals surface area (Å²) >= 11 is 0. The summed E-state index contributed by atoms with van der Waals surface area (Å²) in [6.45, 7) is 1.98. The molecule has 0 bridgehead atoms. The minimum atomic E-state index is -4.88. The molecule has 186 valence electrons. The number of hydrogen-bond acceptors (Lipinski definition) is 6. The Hall–Kier alpha value is -4.09. The highest BCUT2D eigenvalue weighted by Crippen LogP contribution is 2.31. The molecule has 35 heavy (non-hydrogen) atoms. The molecule has 0 radical (unpaired) electrons. The number of amides is 4. The third kappa shape index (κ3) is 5.89. The van der Waals surface area contributed by atoms with Gasteiger partial charge in [0.25, 0.3) is 5.91 Å². The summed E-state index contributed by atoms with van der Waals surface area (Å²) in [5.41, 5.74) is -1.08. The van der Waals surface area contributed by atoms with Crippen molar-refractivity contribution in [1.82, 2.24) is 10.2 Å². The fourth-order valence-corrected chi connectivity index (χ4v) is 3.51. The molecule has 1 N–H and O–H groups in total. The number of carbonyl (C=O) groups is 4. The van der Waals surface area contributed by atoms with Gasteiger partial charge in [-0.25, -0.2) is 4.79 Å². The quantitative estimate of drug-likeness (QED) is 0.448. The molecule has 1 heterocycles. The summed E-state index contributed by atoms with van der Waals surface area (Å²) in [4.78, 5) is 52.6. The maximum atomic E-state index is 13.1. The molecule has 1 unspecified atom stereocenters. The molecule has 1 saturated heterocycles. The first-order chi connectivity index (χ1) is 16.4. The van der Waals surface area contributed by atoms with Gasteiger partial charge in [-0.05, 0) is 43.7 Å².